The Labute approximate surface area is 539 Å². The molecule has 8 amide bonds. The first-order valence-corrected chi connectivity index (χ1v) is 33.0. The average Bonchev–Trinajstić information content (AvgIpc) is 1.35. The number of hydrogen-bond donors (Lipinski definition) is 6. The molecule has 2 aromatic heterocycles. The Hall–Kier alpha value is -8.82. The molecular weight excluding hydrogens is 1170 g/mol. The molecule has 0 spiro atoms. The molecule has 3 aliphatic rings. The van der Waals surface area contributed by atoms with E-state index in [9.17, 15) is 48.3 Å². The number of amides is 8. The molecule has 22 heteroatoms. The van der Waals surface area contributed by atoms with Crippen molar-refractivity contribution in [3.8, 4) is 0 Å². The molecule has 5 heterocycles. The van der Waals surface area contributed by atoms with Crippen LogP contribution in [0.3, 0.4) is 0 Å². The van der Waals surface area contributed by atoms with E-state index in [4.69, 9.17) is 10.5 Å². The number of carboxylic acid groups (broad SMARTS) is 1. The second-order valence-corrected chi connectivity index (χ2v) is 25.6. The Bertz CT molecular complexity index is 3310. The van der Waals surface area contributed by atoms with Crippen molar-refractivity contribution in [3.05, 3.63) is 137 Å². The minimum absolute atomic E-state index is 0.0310. The number of urea groups is 1. The number of carboxylic acids is 1. The topological polar surface area (TPSA) is 288 Å². The predicted octanol–water partition coefficient (Wildman–Crippen LogP) is 8.74. The number of alkyl carbamates (subject to hydrolysis) is 1. The van der Waals surface area contributed by atoms with Gasteiger partial charge in [-0.25, -0.2) is 9.59 Å². The van der Waals surface area contributed by atoms with Crippen LogP contribution in [0.25, 0.3) is 10.8 Å². The summed E-state index contributed by atoms with van der Waals surface area (Å²) in [4.78, 5) is 133. The SMILES string of the molecule is CC(C)(C)OC(=O)N[C@H]1CN(C(=O)NCCCCCCCCCCCCCCN(C(=O)[C@H]2CCCN(c3cncc4ccccc34)C2)c2ccc(=O)n(CC(=O)O)c2)CC[C@H]2CC[C@@H](C(=O)N[C@@H](CCC(N)=O)C(=O)NC(c3ccccc3)c3ccccc3)N2C1=O. The van der Waals surface area contributed by atoms with Crippen LogP contribution in [-0.2, 0) is 40.0 Å². The summed E-state index contributed by atoms with van der Waals surface area (Å²) in [6, 6.07) is 24.9. The zero-order chi connectivity index (χ0) is 65.6. The molecule has 0 unspecified atom stereocenters. The number of aliphatic carboxylic acids is 1. The number of nitrogens with two attached hydrogens (primary N) is 1. The zero-order valence-electron chi connectivity index (χ0n) is 53.6. The van der Waals surface area contributed by atoms with Gasteiger partial charge in [0, 0.05) is 74.4 Å². The highest BCUT2D eigenvalue weighted by Crippen LogP contribution is 2.33. The number of primary amides is 1. The van der Waals surface area contributed by atoms with Gasteiger partial charge in [0.25, 0.3) is 5.56 Å². The second kappa shape index (κ2) is 34.0. The van der Waals surface area contributed by atoms with E-state index in [1.54, 1.807) is 31.7 Å². The molecular formula is C70H93N11O11. The fraction of sp³-hybridized carbons (Fsp3) is 0.514. The highest BCUT2D eigenvalue weighted by atomic mass is 16.6. The summed E-state index contributed by atoms with van der Waals surface area (Å²) in [6.07, 6.45) is 18.7. The van der Waals surface area contributed by atoms with E-state index in [1.165, 1.54) is 22.1 Å². The lowest BCUT2D eigenvalue weighted by atomic mass is 9.95. The van der Waals surface area contributed by atoms with Crippen LogP contribution in [0, 0.1) is 5.92 Å². The maximum Gasteiger partial charge on any atom is 0.408 e. The minimum Gasteiger partial charge on any atom is -0.480 e. The summed E-state index contributed by atoms with van der Waals surface area (Å²) in [6.45, 7) is 6.90. The number of rotatable bonds is 30. The van der Waals surface area contributed by atoms with Crippen molar-refractivity contribution in [2.75, 3.05) is 49.1 Å². The van der Waals surface area contributed by atoms with Gasteiger partial charge in [-0.15, -0.1) is 0 Å². The molecule has 5 aromatic rings. The van der Waals surface area contributed by atoms with Crippen molar-refractivity contribution in [2.24, 2.45) is 11.7 Å². The Morgan fingerprint density at radius 1 is 0.728 bits per heavy atom. The molecule has 494 valence electrons. The lowest BCUT2D eigenvalue weighted by Crippen LogP contribution is -2.62. The van der Waals surface area contributed by atoms with Crippen LogP contribution in [0.5, 0.6) is 0 Å². The predicted molar refractivity (Wildman–Crippen MR) is 352 cm³/mol. The highest BCUT2D eigenvalue weighted by molar-refractivity contribution is 5.98. The Balaban J connectivity index is 0.759. The fourth-order valence-corrected chi connectivity index (χ4v) is 12.8. The van der Waals surface area contributed by atoms with Gasteiger partial charge >= 0.3 is 18.1 Å². The molecule has 22 nitrogen and oxygen atoms in total. The first kappa shape index (κ1) is 69.1. The smallest absolute Gasteiger partial charge is 0.408 e. The molecule has 92 heavy (non-hydrogen) atoms. The van der Waals surface area contributed by atoms with Gasteiger partial charge < -0.3 is 61.0 Å². The first-order chi connectivity index (χ1) is 44.3. The van der Waals surface area contributed by atoms with Crippen LogP contribution in [0.2, 0.25) is 0 Å². The second-order valence-electron chi connectivity index (χ2n) is 25.6. The number of carbonyl (C=O) groups excluding carboxylic acids is 7. The highest BCUT2D eigenvalue weighted by Gasteiger charge is 2.46. The molecule has 3 fully saturated rings. The van der Waals surface area contributed by atoms with Crippen LogP contribution in [0.15, 0.2) is 120 Å². The van der Waals surface area contributed by atoms with E-state index in [0.717, 1.165) is 129 Å². The molecule has 8 rings (SSSR count). The number of carbonyl (C=O) groups is 8. The van der Waals surface area contributed by atoms with Gasteiger partial charge in [0.15, 0.2) is 0 Å². The van der Waals surface area contributed by atoms with Crippen molar-refractivity contribution in [1.82, 2.24) is 40.6 Å². The van der Waals surface area contributed by atoms with Crippen molar-refractivity contribution in [1.29, 1.82) is 0 Å². The number of nitrogens with zero attached hydrogens (tertiary/aromatic N) is 6. The first-order valence-electron chi connectivity index (χ1n) is 33.0. The van der Waals surface area contributed by atoms with Crippen LogP contribution < -0.4 is 42.4 Å². The third kappa shape index (κ3) is 20.1. The molecule has 0 bridgehead atoms. The van der Waals surface area contributed by atoms with Crippen molar-refractivity contribution in [3.63, 3.8) is 0 Å². The largest absolute Gasteiger partial charge is 0.480 e. The van der Waals surface area contributed by atoms with Gasteiger partial charge in [0.2, 0.25) is 29.5 Å². The number of ether oxygens (including phenoxy) is 1. The molecule has 3 saturated heterocycles. The van der Waals surface area contributed by atoms with Crippen LogP contribution in [0.4, 0.5) is 21.0 Å². The fourth-order valence-electron chi connectivity index (χ4n) is 12.8. The lowest BCUT2D eigenvalue weighted by molar-refractivity contribution is -0.144. The number of fused-ring (bicyclic) bond motifs is 2. The van der Waals surface area contributed by atoms with Gasteiger partial charge in [-0.3, -0.25) is 38.5 Å². The number of unbranched alkanes of at least 4 members (excludes halogenated alkanes) is 11. The van der Waals surface area contributed by atoms with Gasteiger partial charge in [-0.05, 0) is 89.3 Å². The monoisotopic (exact) mass is 1260 g/mol. The van der Waals surface area contributed by atoms with Gasteiger partial charge in [0.05, 0.1) is 36.1 Å². The van der Waals surface area contributed by atoms with Crippen molar-refractivity contribution < 1.29 is 48.2 Å². The van der Waals surface area contributed by atoms with Crippen molar-refractivity contribution >= 4 is 69.8 Å². The number of aromatic nitrogens is 2. The number of piperidine rings is 1. The minimum atomic E-state index is -1.26. The zero-order valence-corrected chi connectivity index (χ0v) is 53.6. The van der Waals surface area contributed by atoms with Gasteiger partial charge in [0.1, 0.15) is 30.3 Å². The summed E-state index contributed by atoms with van der Waals surface area (Å²) >= 11 is 0. The van der Waals surface area contributed by atoms with E-state index in [-0.39, 0.29) is 50.2 Å². The lowest BCUT2D eigenvalue weighted by Gasteiger charge is -2.39. The number of nitrogens with one attached hydrogen (secondary N) is 4. The molecule has 3 aromatic carbocycles. The third-order valence-corrected chi connectivity index (χ3v) is 17.5. The quantitative estimate of drug-likeness (QED) is 0.0235. The van der Waals surface area contributed by atoms with Crippen LogP contribution in [-0.4, -0.2) is 141 Å². The third-order valence-electron chi connectivity index (χ3n) is 17.5. The molecule has 5 atom stereocenters. The van der Waals surface area contributed by atoms with E-state index in [2.05, 4.69) is 37.2 Å². The summed E-state index contributed by atoms with van der Waals surface area (Å²) in [5, 5.41) is 23.3. The summed E-state index contributed by atoms with van der Waals surface area (Å²) in [7, 11) is 0. The average molecular weight is 1260 g/mol. The van der Waals surface area contributed by atoms with E-state index < -0.39 is 83.6 Å². The maximum atomic E-state index is 14.7. The van der Waals surface area contributed by atoms with Crippen LogP contribution >= 0.6 is 0 Å². The number of hydrogen-bond acceptors (Lipinski definition) is 12. The molecule has 0 saturated carbocycles. The summed E-state index contributed by atoms with van der Waals surface area (Å²) in [5.41, 5.74) is 7.35. The standard InChI is InChI=1S/C70H93N11O11/c1-70(2,3)92-69(91)75-57-47-78(42-38-53-32-35-58(81(53)67(57)89)65(87)74-56(34-36-60(71)82)64(86)76-63(49-25-16-14-17-26-49)50-27-18-15-19-28-50)68(90)73-39-22-12-10-8-6-4-5-7-9-11-13-23-41-80(54-33-37-61(83)79(46-54)48-62(84)85)66(88)52-30-24-40-77(45-52)59-44-72-43-51-29-20-21-31-55(51)59/h14-21,25-29,31,33,37,43-44,46,52-53,56-58,63H,4-13,22-24,30,32,34-36,38-42,45,47-48H2,1-3H3,(H2,71,82)(H,73,90)(H,74,87)(H,75,91)(H,76,86)(H,84,85)/t52-,53+,56-,57-,58-/m0/s1. The molecule has 0 radical (unpaired) electrons. The number of benzene rings is 3. The molecule has 0 aliphatic carbocycles. The van der Waals surface area contributed by atoms with Gasteiger partial charge in [-0.2, -0.15) is 0 Å². The van der Waals surface area contributed by atoms with E-state index in [0.29, 0.717) is 38.2 Å². The Morgan fingerprint density at radius 3 is 2.02 bits per heavy atom. The van der Waals surface area contributed by atoms with Crippen LogP contribution in [0.1, 0.15) is 160 Å². The Kier molecular flexibility index (Phi) is 25.5. The number of anilines is 2. The normalized spacial score (nSPS) is 17.9. The molecule has 7 N–H and O–H groups in total. The van der Waals surface area contributed by atoms with Gasteiger partial charge in [-0.1, -0.05) is 149 Å². The number of pyridine rings is 2. The van der Waals surface area contributed by atoms with Crippen molar-refractivity contribution in [2.45, 2.75) is 185 Å². The summed E-state index contributed by atoms with van der Waals surface area (Å²) < 4.78 is 6.70. The molecule has 3 aliphatic heterocycles. The maximum absolute atomic E-state index is 14.7. The van der Waals surface area contributed by atoms with E-state index in [1.807, 2.05) is 91.3 Å². The Morgan fingerprint density at radius 2 is 1.37 bits per heavy atom. The van der Waals surface area contributed by atoms with E-state index >= 15 is 0 Å². The summed E-state index contributed by atoms with van der Waals surface area (Å²) in [5.74, 6) is -3.79.